The van der Waals surface area contributed by atoms with E-state index in [4.69, 9.17) is 11.6 Å². The third kappa shape index (κ3) is 2.29. The van der Waals surface area contributed by atoms with Gasteiger partial charge in [-0.15, -0.1) is 15.3 Å². The SMILES string of the molecule is Clc1ccccc1CSc1nn2cnnc2s1. The molecular weight excluding hydrogens is 276 g/mol. The number of halogens is 1. The summed E-state index contributed by atoms with van der Waals surface area (Å²) in [6, 6.07) is 7.84. The minimum absolute atomic E-state index is 0.794. The highest BCUT2D eigenvalue weighted by Crippen LogP contribution is 2.29. The molecule has 0 amide bonds. The van der Waals surface area contributed by atoms with Gasteiger partial charge in [0.25, 0.3) is 0 Å². The van der Waals surface area contributed by atoms with Gasteiger partial charge in [-0.05, 0) is 11.6 Å². The van der Waals surface area contributed by atoms with Gasteiger partial charge in [0.1, 0.15) is 6.33 Å². The summed E-state index contributed by atoms with van der Waals surface area (Å²) in [5.41, 5.74) is 1.12. The lowest BCUT2D eigenvalue weighted by atomic mass is 10.2. The second kappa shape index (κ2) is 4.64. The minimum atomic E-state index is 0.794. The van der Waals surface area contributed by atoms with Crippen molar-refractivity contribution in [2.45, 2.75) is 10.1 Å². The third-order valence-corrected chi connectivity index (χ3v) is 4.64. The van der Waals surface area contributed by atoms with Crippen LogP contribution in [0, 0.1) is 0 Å². The monoisotopic (exact) mass is 282 g/mol. The number of nitrogens with zero attached hydrogens (tertiary/aromatic N) is 4. The fourth-order valence-corrected chi connectivity index (χ4v) is 3.50. The van der Waals surface area contributed by atoms with Gasteiger partial charge in [0.05, 0.1) is 0 Å². The van der Waals surface area contributed by atoms with Gasteiger partial charge < -0.3 is 0 Å². The van der Waals surface area contributed by atoms with Gasteiger partial charge >= 0.3 is 0 Å². The molecule has 0 spiro atoms. The first-order chi connectivity index (χ1) is 8.33. The summed E-state index contributed by atoms with van der Waals surface area (Å²) in [6.45, 7) is 0. The van der Waals surface area contributed by atoms with Crippen LogP contribution in [0.2, 0.25) is 5.02 Å². The van der Waals surface area contributed by atoms with Crippen LogP contribution in [0.5, 0.6) is 0 Å². The molecule has 1 aromatic carbocycles. The van der Waals surface area contributed by atoms with Crippen LogP contribution in [0.4, 0.5) is 0 Å². The first-order valence-corrected chi connectivity index (χ1v) is 7.04. The van der Waals surface area contributed by atoms with E-state index in [0.717, 1.165) is 25.6 Å². The lowest BCUT2D eigenvalue weighted by Gasteiger charge is -2.00. The summed E-state index contributed by atoms with van der Waals surface area (Å²) in [5, 5.41) is 12.8. The Morgan fingerprint density at radius 3 is 3.06 bits per heavy atom. The molecular formula is C10H7ClN4S2. The van der Waals surface area contributed by atoms with E-state index in [9.17, 15) is 0 Å². The van der Waals surface area contributed by atoms with Crippen LogP contribution in [0.3, 0.4) is 0 Å². The van der Waals surface area contributed by atoms with E-state index in [1.54, 1.807) is 22.6 Å². The molecule has 2 aromatic heterocycles. The van der Waals surface area contributed by atoms with Crippen molar-refractivity contribution in [2.24, 2.45) is 0 Å². The summed E-state index contributed by atoms with van der Waals surface area (Å²) in [5.74, 6) is 0.809. The fraction of sp³-hybridized carbons (Fsp3) is 0.100. The highest BCUT2D eigenvalue weighted by molar-refractivity contribution is 8.00. The number of benzene rings is 1. The lowest BCUT2D eigenvalue weighted by molar-refractivity contribution is 0.902. The van der Waals surface area contributed by atoms with Crippen molar-refractivity contribution in [1.82, 2.24) is 19.8 Å². The van der Waals surface area contributed by atoms with Crippen LogP contribution in [0.15, 0.2) is 34.9 Å². The van der Waals surface area contributed by atoms with E-state index in [-0.39, 0.29) is 0 Å². The smallest absolute Gasteiger partial charge is 0.190 e. The average molecular weight is 283 g/mol. The summed E-state index contributed by atoms with van der Waals surface area (Å²) in [6.07, 6.45) is 1.60. The largest absolute Gasteiger partial charge is 0.235 e. The summed E-state index contributed by atoms with van der Waals surface area (Å²) < 4.78 is 2.65. The topological polar surface area (TPSA) is 43.1 Å². The first kappa shape index (κ1) is 11.0. The van der Waals surface area contributed by atoms with Crippen LogP contribution in [-0.4, -0.2) is 19.8 Å². The van der Waals surface area contributed by atoms with Crippen molar-refractivity contribution in [2.75, 3.05) is 0 Å². The number of fused-ring (bicyclic) bond motifs is 1. The van der Waals surface area contributed by atoms with Gasteiger partial charge in [0.2, 0.25) is 4.96 Å². The molecule has 4 nitrogen and oxygen atoms in total. The Labute approximate surface area is 111 Å². The molecule has 0 aliphatic carbocycles. The maximum atomic E-state index is 6.09. The molecule has 3 rings (SSSR count). The molecule has 86 valence electrons. The van der Waals surface area contributed by atoms with Gasteiger partial charge in [0.15, 0.2) is 4.34 Å². The Balaban J connectivity index is 1.76. The van der Waals surface area contributed by atoms with E-state index >= 15 is 0 Å². The van der Waals surface area contributed by atoms with E-state index < -0.39 is 0 Å². The number of aromatic nitrogens is 4. The number of hydrogen-bond donors (Lipinski definition) is 0. The molecule has 0 fully saturated rings. The number of thioether (sulfide) groups is 1. The van der Waals surface area contributed by atoms with Gasteiger partial charge in [-0.3, -0.25) is 0 Å². The number of rotatable bonds is 3. The Bertz CT molecular complexity index is 620. The summed E-state index contributed by atoms with van der Waals surface area (Å²) in [7, 11) is 0. The predicted molar refractivity (Wildman–Crippen MR) is 69.7 cm³/mol. The van der Waals surface area contributed by atoms with Gasteiger partial charge in [-0.25, -0.2) is 0 Å². The fourth-order valence-electron chi connectivity index (χ4n) is 1.35. The zero-order chi connectivity index (χ0) is 11.7. The average Bonchev–Trinajstić information content (AvgIpc) is 2.88. The van der Waals surface area contributed by atoms with Crippen LogP contribution in [0.25, 0.3) is 4.96 Å². The minimum Gasteiger partial charge on any atom is -0.190 e. The van der Waals surface area contributed by atoms with Gasteiger partial charge in [-0.2, -0.15) is 4.52 Å². The van der Waals surface area contributed by atoms with E-state index in [2.05, 4.69) is 15.3 Å². The van der Waals surface area contributed by atoms with Crippen LogP contribution in [-0.2, 0) is 5.75 Å². The molecule has 17 heavy (non-hydrogen) atoms. The summed E-state index contributed by atoms with van der Waals surface area (Å²) in [4.78, 5) is 0.812. The molecule has 0 saturated heterocycles. The van der Waals surface area contributed by atoms with E-state index in [1.165, 1.54) is 11.3 Å². The van der Waals surface area contributed by atoms with Gasteiger partial charge in [-0.1, -0.05) is 52.9 Å². The van der Waals surface area contributed by atoms with Crippen molar-refractivity contribution in [3.05, 3.63) is 41.2 Å². The van der Waals surface area contributed by atoms with Crippen molar-refractivity contribution in [3.8, 4) is 0 Å². The number of hydrogen-bond acceptors (Lipinski definition) is 5. The molecule has 0 unspecified atom stereocenters. The third-order valence-electron chi connectivity index (χ3n) is 2.18. The van der Waals surface area contributed by atoms with E-state index in [1.807, 2.05) is 24.3 Å². The zero-order valence-electron chi connectivity index (χ0n) is 8.58. The molecule has 0 aliphatic heterocycles. The molecule has 0 bridgehead atoms. The molecule has 0 saturated carbocycles. The Morgan fingerprint density at radius 1 is 1.35 bits per heavy atom. The molecule has 0 aliphatic rings. The first-order valence-electron chi connectivity index (χ1n) is 4.86. The van der Waals surface area contributed by atoms with E-state index in [0.29, 0.717) is 0 Å². The Hall–Kier alpha value is -1.11. The zero-order valence-corrected chi connectivity index (χ0v) is 11.0. The van der Waals surface area contributed by atoms with Crippen molar-refractivity contribution < 1.29 is 0 Å². The highest BCUT2D eigenvalue weighted by Gasteiger charge is 2.07. The predicted octanol–water partition coefficient (Wildman–Crippen LogP) is 3.13. The summed E-state index contributed by atoms with van der Waals surface area (Å²) >= 11 is 9.27. The second-order valence-corrected chi connectivity index (χ2v) is 5.89. The molecule has 0 atom stereocenters. The molecule has 0 radical (unpaired) electrons. The quantitative estimate of drug-likeness (QED) is 0.692. The molecule has 3 aromatic rings. The standard InChI is InChI=1S/C10H7ClN4S2/c11-8-4-2-1-3-7(8)5-16-10-14-15-6-12-13-9(15)17-10/h1-4,6H,5H2. The van der Waals surface area contributed by atoms with Gasteiger partial charge in [0, 0.05) is 10.8 Å². The van der Waals surface area contributed by atoms with Crippen LogP contribution < -0.4 is 0 Å². The second-order valence-electron chi connectivity index (χ2n) is 3.31. The highest BCUT2D eigenvalue weighted by atomic mass is 35.5. The normalized spacial score (nSPS) is 11.1. The van der Waals surface area contributed by atoms with Crippen LogP contribution >= 0.6 is 34.7 Å². The van der Waals surface area contributed by atoms with Crippen molar-refractivity contribution >= 4 is 39.7 Å². The Kier molecular flexibility index (Phi) is 3.00. The lowest BCUT2D eigenvalue weighted by Crippen LogP contribution is -1.83. The maximum Gasteiger partial charge on any atom is 0.235 e. The molecule has 2 heterocycles. The van der Waals surface area contributed by atoms with Crippen molar-refractivity contribution in [1.29, 1.82) is 0 Å². The maximum absolute atomic E-state index is 6.09. The Morgan fingerprint density at radius 2 is 2.24 bits per heavy atom. The van der Waals surface area contributed by atoms with Crippen molar-refractivity contribution in [3.63, 3.8) is 0 Å². The molecule has 0 N–H and O–H groups in total. The molecule has 7 heteroatoms. The van der Waals surface area contributed by atoms with Crippen LogP contribution in [0.1, 0.15) is 5.56 Å².